The second-order valence-electron chi connectivity index (χ2n) is 7.67. The van der Waals surface area contributed by atoms with Gasteiger partial charge in [0.25, 0.3) is 5.91 Å². The van der Waals surface area contributed by atoms with Crippen molar-refractivity contribution in [3.05, 3.63) is 95.6 Å². The number of rotatable bonds is 5. The molecule has 32 heavy (non-hydrogen) atoms. The zero-order chi connectivity index (χ0) is 22.1. The maximum absolute atomic E-state index is 13.3. The normalized spacial score (nSPS) is 11.2. The number of amides is 1. The fraction of sp³-hybridized carbons (Fsp3) is 0.115. The Balaban J connectivity index is 1.66. The van der Waals surface area contributed by atoms with Crippen LogP contribution >= 0.6 is 0 Å². The quantitative estimate of drug-likeness (QED) is 0.433. The van der Waals surface area contributed by atoms with Crippen LogP contribution in [0.25, 0.3) is 27.9 Å². The van der Waals surface area contributed by atoms with Crippen molar-refractivity contribution >= 4 is 33.9 Å². The molecule has 5 aromatic rings. The van der Waals surface area contributed by atoms with Crippen molar-refractivity contribution in [2.75, 3.05) is 5.73 Å². The molecule has 2 aromatic heterocycles. The fourth-order valence-electron chi connectivity index (χ4n) is 3.89. The third-order valence-electron chi connectivity index (χ3n) is 5.62. The van der Waals surface area contributed by atoms with Gasteiger partial charge in [-0.15, -0.1) is 0 Å². The standard InChI is InChI=1S/C26H23N5O/c1-2-17-12-14-19(15-13-17)31-24(27)22(26(32)28-16-18-8-4-3-5-9-18)23-25(31)30-21-11-7-6-10-20(21)29-23/h3-15H,2,16,27H2,1H3,(H,28,32). The summed E-state index contributed by atoms with van der Waals surface area (Å²) in [4.78, 5) is 22.9. The minimum absolute atomic E-state index is 0.273. The second kappa shape index (κ2) is 8.15. The molecule has 0 aliphatic heterocycles. The lowest BCUT2D eigenvalue weighted by molar-refractivity contribution is 0.0953. The largest absolute Gasteiger partial charge is 0.384 e. The highest BCUT2D eigenvalue weighted by atomic mass is 16.1. The van der Waals surface area contributed by atoms with Crippen LogP contribution in [-0.4, -0.2) is 20.4 Å². The lowest BCUT2D eigenvalue weighted by Crippen LogP contribution is -2.23. The van der Waals surface area contributed by atoms with Gasteiger partial charge in [-0.1, -0.05) is 61.5 Å². The molecule has 3 N–H and O–H groups in total. The Kier molecular flexibility index (Phi) is 5.03. The minimum Gasteiger partial charge on any atom is -0.384 e. The number of aryl methyl sites for hydroxylation is 1. The summed E-state index contributed by atoms with van der Waals surface area (Å²) >= 11 is 0. The first-order valence-corrected chi connectivity index (χ1v) is 10.6. The van der Waals surface area contributed by atoms with Gasteiger partial charge in [-0.2, -0.15) is 0 Å². The van der Waals surface area contributed by atoms with E-state index in [-0.39, 0.29) is 5.91 Å². The number of carbonyl (C=O) groups is 1. The number of fused-ring (bicyclic) bond motifs is 2. The number of nitrogens with two attached hydrogens (primary N) is 1. The van der Waals surface area contributed by atoms with Crippen molar-refractivity contribution in [3.8, 4) is 5.69 Å². The van der Waals surface area contributed by atoms with Crippen molar-refractivity contribution in [2.24, 2.45) is 0 Å². The lowest BCUT2D eigenvalue weighted by Gasteiger charge is -2.09. The minimum atomic E-state index is -0.273. The van der Waals surface area contributed by atoms with Gasteiger partial charge in [0, 0.05) is 12.2 Å². The molecule has 6 heteroatoms. The first kappa shape index (κ1) is 19.8. The van der Waals surface area contributed by atoms with E-state index in [1.54, 1.807) is 0 Å². The fourth-order valence-corrected chi connectivity index (χ4v) is 3.89. The van der Waals surface area contributed by atoms with Gasteiger partial charge in [0.15, 0.2) is 5.65 Å². The number of aromatic nitrogens is 3. The Bertz CT molecular complexity index is 1420. The lowest BCUT2D eigenvalue weighted by atomic mass is 10.1. The van der Waals surface area contributed by atoms with E-state index in [0.29, 0.717) is 29.1 Å². The van der Waals surface area contributed by atoms with Crippen LogP contribution in [0.15, 0.2) is 78.9 Å². The predicted molar refractivity (Wildman–Crippen MR) is 128 cm³/mol. The number of hydrogen-bond donors (Lipinski definition) is 2. The summed E-state index contributed by atoms with van der Waals surface area (Å²) in [5.74, 6) is 0.0509. The Morgan fingerprint density at radius 2 is 1.53 bits per heavy atom. The maximum Gasteiger partial charge on any atom is 0.257 e. The molecule has 5 rings (SSSR count). The molecule has 0 radical (unpaired) electrons. The molecule has 0 saturated carbocycles. The predicted octanol–water partition coefficient (Wildman–Crippen LogP) is 4.65. The SMILES string of the molecule is CCc1ccc(-n2c(N)c(C(=O)NCc3ccccc3)c3nc4ccccc4nc32)cc1. The monoisotopic (exact) mass is 421 g/mol. The summed E-state index contributed by atoms with van der Waals surface area (Å²) in [6.45, 7) is 2.51. The number of hydrogen-bond acceptors (Lipinski definition) is 4. The van der Waals surface area contributed by atoms with Gasteiger partial charge in [0.1, 0.15) is 16.9 Å². The molecule has 3 aromatic carbocycles. The van der Waals surface area contributed by atoms with Gasteiger partial charge in [-0.25, -0.2) is 9.97 Å². The Labute approximate surface area is 185 Å². The van der Waals surface area contributed by atoms with Gasteiger partial charge in [-0.05, 0) is 41.8 Å². The maximum atomic E-state index is 13.3. The van der Waals surface area contributed by atoms with Crippen LogP contribution in [0.2, 0.25) is 0 Å². The van der Waals surface area contributed by atoms with Crippen LogP contribution < -0.4 is 11.1 Å². The first-order chi connectivity index (χ1) is 15.7. The summed E-state index contributed by atoms with van der Waals surface area (Å²) in [5.41, 5.74) is 12.5. The van der Waals surface area contributed by atoms with Gasteiger partial charge >= 0.3 is 0 Å². The van der Waals surface area contributed by atoms with Crippen molar-refractivity contribution < 1.29 is 4.79 Å². The van der Waals surface area contributed by atoms with Crippen LogP contribution in [0.4, 0.5) is 5.82 Å². The van der Waals surface area contributed by atoms with Gasteiger partial charge in [0.05, 0.1) is 11.0 Å². The zero-order valence-electron chi connectivity index (χ0n) is 17.7. The number of para-hydroxylation sites is 2. The van der Waals surface area contributed by atoms with E-state index in [2.05, 4.69) is 24.4 Å². The Morgan fingerprint density at radius 1 is 0.875 bits per heavy atom. The van der Waals surface area contributed by atoms with E-state index < -0.39 is 0 Å². The molecule has 0 bridgehead atoms. The number of nitrogen functional groups attached to an aromatic ring is 1. The van der Waals surface area contributed by atoms with E-state index in [1.165, 1.54) is 5.56 Å². The summed E-state index contributed by atoms with van der Waals surface area (Å²) in [6.07, 6.45) is 0.944. The molecule has 0 unspecified atom stereocenters. The molecule has 0 aliphatic carbocycles. The smallest absolute Gasteiger partial charge is 0.257 e. The van der Waals surface area contributed by atoms with E-state index in [1.807, 2.05) is 71.3 Å². The third kappa shape index (κ3) is 3.46. The molecule has 0 fully saturated rings. The number of nitrogens with one attached hydrogen (secondary N) is 1. The molecule has 0 spiro atoms. The molecular formula is C26H23N5O. The highest BCUT2D eigenvalue weighted by Crippen LogP contribution is 2.31. The highest BCUT2D eigenvalue weighted by Gasteiger charge is 2.24. The van der Waals surface area contributed by atoms with Gasteiger partial charge in [0.2, 0.25) is 0 Å². The number of anilines is 1. The summed E-state index contributed by atoms with van der Waals surface area (Å²) in [7, 11) is 0. The molecule has 158 valence electrons. The average molecular weight is 422 g/mol. The van der Waals surface area contributed by atoms with E-state index in [4.69, 9.17) is 15.7 Å². The van der Waals surface area contributed by atoms with Crippen LogP contribution in [0, 0.1) is 0 Å². The number of benzene rings is 3. The van der Waals surface area contributed by atoms with Crippen LogP contribution in [0.3, 0.4) is 0 Å². The van der Waals surface area contributed by atoms with Gasteiger partial charge < -0.3 is 11.1 Å². The average Bonchev–Trinajstić information content (AvgIpc) is 3.12. The topological polar surface area (TPSA) is 85.8 Å². The molecule has 2 heterocycles. The van der Waals surface area contributed by atoms with Crippen molar-refractivity contribution in [2.45, 2.75) is 19.9 Å². The van der Waals surface area contributed by atoms with E-state index in [9.17, 15) is 4.79 Å². The summed E-state index contributed by atoms with van der Waals surface area (Å²) in [5, 5.41) is 2.98. The Hall–Kier alpha value is -4.19. The molecule has 6 nitrogen and oxygen atoms in total. The van der Waals surface area contributed by atoms with E-state index in [0.717, 1.165) is 28.7 Å². The van der Waals surface area contributed by atoms with Crippen LogP contribution in [0.1, 0.15) is 28.4 Å². The van der Waals surface area contributed by atoms with E-state index >= 15 is 0 Å². The zero-order valence-corrected chi connectivity index (χ0v) is 17.7. The molecule has 1 amide bonds. The van der Waals surface area contributed by atoms with Crippen LogP contribution in [-0.2, 0) is 13.0 Å². The summed E-state index contributed by atoms with van der Waals surface area (Å²) < 4.78 is 1.81. The summed E-state index contributed by atoms with van der Waals surface area (Å²) in [6, 6.07) is 25.5. The Morgan fingerprint density at radius 3 is 2.22 bits per heavy atom. The third-order valence-corrected chi connectivity index (χ3v) is 5.62. The molecular weight excluding hydrogens is 398 g/mol. The van der Waals surface area contributed by atoms with Crippen molar-refractivity contribution in [3.63, 3.8) is 0 Å². The van der Waals surface area contributed by atoms with Crippen molar-refractivity contribution in [1.82, 2.24) is 19.9 Å². The number of carbonyl (C=O) groups excluding carboxylic acids is 1. The molecule has 0 saturated heterocycles. The number of nitrogens with zero attached hydrogens (tertiary/aromatic N) is 3. The molecule has 0 atom stereocenters. The van der Waals surface area contributed by atoms with Crippen LogP contribution in [0.5, 0.6) is 0 Å². The molecule has 0 aliphatic rings. The van der Waals surface area contributed by atoms with Crippen molar-refractivity contribution in [1.29, 1.82) is 0 Å². The first-order valence-electron chi connectivity index (χ1n) is 10.6. The second-order valence-corrected chi connectivity index (χ2v) is 7.67. The van der Waals surface area contributed by atoms with Gasteiger partial charge in [-0.3, -0.25) is 9.36 Å². The highest BCUT2D eigenvalue weighted by molar-refractivity contribution is 6.11.